The van der Waals surface area contributed by atoms with Gasteiger partial charge < -0.3 is 10.6 Å². The van der Waals surface area contributed by atoms with Crippen molar-refractivity contribution in [2.24, 2.45) is 0 Å². The Balaban J connectivity index is 1.83. The molecule has 0 unspecified atom stereocenters. The fourth-order valence-corrected chi connectivity index (χ4v) is 2.00. The quantitative estimate of drug-likeness (QED) is 0.466. The highest BCUT2D eigenvalue weighted by Crippen LogP contribution is 2.19. The molecule has 0 fully saturated rings. The van der Waals surface area contributed by atoms with Crippen LogP contribution in [0.4, 0.5) is 11.5 Å². The Hall–Kier alpha value is -2.48. The first-order chi connectivity index (χ1) is 10.6. The monoisotopic (exact) mass is 364 g/mol. The van der Waals surface area contributed by atoms with Crippen molar-refractivity contribution in [3.05, 3.63) is 62.7 Å². The second-order valence-corrected chi connectivity index (χ2v) is 5.23. The van der Waals surface area contributed by atoms with E-state index in [0.717, 1.165) is 4.47 Å². The van der Waals surface area contributed by atoms with Crippen LogP contribution in [-0.4, -0.2) is 28.9 Å². The smallest absolute Gasteiger partial charge is 0.311 e. The Morgan fingerprint density at radius 2 is 1.95 bits per heavy atom. The highest BCUT2D eigenvalue weighted by atomic mass is 79.9. The average molecular weight is 365 g/mol. The third kappa shape index (κ3) is 4.26. The summed E-state index contributed by atoms with van der Waals surface area (Å²) >= 11 is 3.30. The number of aromatic nitrogens is 1. The van der Waals surface area contributed by atoms with Crippen molar-refractivity contribution in [2.45, 2.75) is 0 Å². The number of nitrogens with zero attached hydrogens (tertiary/aromatic N) is 2. The Kier molecular flexibility index (Phi) is 5.42. The molecular formula is C14H13BrN4O3. The van der Waals surface area contributed by atoms with Crippen molar-refractivity contribution in [2.75, 3.05) is 18.4 Å². The normalized spacial score (nSPS) is 10.0. The van der Waals surface area contributed by atoms with Gasteiger partial charge >= 0.3 is 5.69 Å². The van der Waals surface area contributed by atoms with Crippen molar-refractivity contribution < 1.29 is 9.72 Å². The van der Waals surface area contributed by atoms with Crippen LogP contribution in [0.5, 0.6) is 0 Å². The lowest BCUT2D eigenvalue weighted by Crippen LogP contribution is -2.28. The van der Waals surface area contributed by atoms with E-state index < -0.39 is 4.92 Å². The molecule has 0 aliphatic heterocycles. The van der Waals surface area contributed by atoms with E-state index in [1.165, 1.54) is 18.3 Å². The second kappa shape index (κ2) is 7.51. The number of benzene rings is 1. The van der Waals surface area contributed by atoms with Crippen LogP contribution in [0.25, 0.3) is 0 Å². The summed E-state index contributed by atoms with van der Waals surface area (Å²) in [5.41, 5.74) is 0.453. The summed E-state index contributed by atoms with van der Waals surface area (Å²) in [5, 5.41) is 16.4. The SMILES string of the molecule is O=C(NCCNc1ncccc1[N+](=O)[O-])c1ccc(Br)cc1. The van der Waals surface area contributed by atoms with Crippen LogP contribution in [0.2, 0.25) is 0 Å². The van der Waals surface area contributed by atoms with Crippen molar-refractivity contribution in [1.29, 1.82) is 0 Å². The topological polar surface area (TPSA) is 97.2 Å². The van der Waals surface area contributed by atoms with Crippen LogP contribution in [0, 0.1) is 10.1 Å². The Bertz CT molecular complexity index is 676. The summed E-state index contributed by atoms with van der Waals surface area (Å²) in [7, 11) is 0. The molecule has 1 aromatic heterocycles. The maximum atomic E-state index is 11.9. The summed E-state index contributed by atoms with van der Waals surface area (Å²) in [6.07, 6.45) is 1.47. The zero-order valence-corrected chi connectivity index (χ0v) is 13.0. The van der Waals surface area contributed by atoms with Crippen molar-refractivity contribution >= 4 is 33.3 Å². The lowest BCUT2D eigenvalue weighted by atomic mass is 10.2. The predicted molar refractivity (Wildman–Crippen MR) is 85.9 cm³/mol. The lowest BCUT2D eigenvalue weighted by Gasteiger charge is -2.07. The maximum Gasteiger partial charge on any atom is 0.311 e. The zero-order chi connectivity index (χ0) is 15.9. The molecule has 0 bridgehead atoms. The average Bonchev–Trinajstić information content (AvgIpc) is 2.52. The van der Waals surface area contributed by atoms with Crippen molar-refractivity contribution in [1.82, 2.24) is 10.3 Å². The van der Waals surface area contributed by atoms with Crippen LogP contribution in [0.1, 0.15) is 10.4 Å². The molecule has 0 aliphatic rings. The molecule has 1 heterocycles. The van der Waals surface area contributed by atoms with Gasteiger partial charge in [0.2, 0.25) is 5.82 Å². The summed E-state index contributed by atoms with van der Waals surface area (Å²) in [6.45, 7) is 0.656. The third-order valence-electron chi connectivity index (χ3n) is 2.79. The van der Waals surface area contributed by atoms with E-state index in [-0.39, 0.29) is 17.4 Å². The standard InChI is InChI=1S/C14H13BrN4O3/c15-11-5-3-10(4-6-11)14(20)18-9-8-17-13-12(19(21)22)2-1-7-16-13/h1-7H,8-9H2,(H,16,17)(H,18,20). The van der Waals surface area contributed by atoms with E-state index >= 15 is 0 Å². The number of hydrogen-bond acceptors (Lipinski definition) is 5. The molecule has 1 aromatic carbocycles. The number of carbonyl (C=O) groups is 1. The van der Waals surface area contributed by atoms with E-state index in [4.69, 9.17) is 0 Å². The van der Waals surface area contributed by atoms with Gasteiger partial charge in [0, 0.05) is 35.4 Å². The van der Waals surface area contributed by atoms with Crippen LogP contribution in [0.15, 0.2) is 47.1 Å². The van der Waals surface area contributed by atoms with E-state index in [2.05, 4.69) is 31.5 Å². The molecule has 0 saturated carbocycles. The van der Waals surface area contributed by atoms with Gasteiger partial charge in [0.1, 0.15) is 0 Å². The van der Waals surface area contributed by atoms with E-state index in [1.54, 1.807) is 24.3 Å². The minimum atomic E-state index is -0.504. The van der Waals surface area contributed by atoms with Gasteiger partial charge in [-0.25, -0.2) is 4.98 Å². The second-order valence-electron chi connectivity index (χ2n) is 4.32. The molecule has 0 atom stereocenters. The van der Waals surface area contributed by atoms with Gasteiger partial charge in [-0.1, -0.05) is 15.9 Å². The molecule has 2 N–H and O–H groups in total. The summed E-state index contributed by atoms with van der Waals surface area (Å²) < 4.78 is 0.896. The molecule has 0 aliphatic carbocycles. The molecule has 22 heavy (non-hydrogen) atoms. The highest BCUT2D eigenvalue weighted by Gasteiger charge is 2.13. The lowest BCUT2D eigenvalue weighted by molar-refractivity contribution is -0.384. The fraction of sp³-hybridized carbons (Fsp3) is 0.143. The zero-order valence-electron chi connectivity index (χ0n) is 11.5. The fourth-order valence-electron chi connectivity index (χ4n) is 1.74. The first kappa shape index (κ1) is 15.9. The molecule has 0 spiro atoms. The van der Waals surface area contributed by atoms with Gasteiger partial charge in [-0.2, -0.15) is 0 Å². The van der Waals surface area contributed by atoms with Gasteiger partial charge in [-0.05, 0) is 30.3 Å². The predicted octanol–water partition coefficient (Wildman–Crippen LogP) is 2.59. The molecule has 0 saturated heterocycles. The molecule has 1 amide bonds. The summed E-state index contributed by atoms with van der Waals surface area (Å²) in [4.78, 5) is 26.1. The molecule has 114 valence electrons. The number of carbonyl (C=O) groups excluding carboxylic acids is 1. The number of amides is 1. The number of rotatable bonds is 6. The number of nitrogens with one attached hydrogen (secondary N) is 2. The number of anilines is 1. The van der Waals surface area contributed by atoms with Gasteiger partial charge in [0.05, 0.1) is 4.92 Å². The van der Waals surface area contributed by atoms with Crippen molar-refractivity contribution in [3.63, 3.8) is 0 Å². The molecule has 0 radical (unpaired) electrons. The number of pyridine rings is 1. The van der Waals surface area contributed by atoms with Crippen LogP contribution in [0.3, 0.4) is 0 Å². The molecular weight excluding hydrogens is 352 g/mol. The van der Waals surface area contributed by atoms with Crippen LogP contribution >= 0.6 is 15.9 Å². The van der Waals surface area contributed by atoms with Crippen LogP contribution in [-0.2, 0) is 0 Å². The van der Waals surface area contributed by atoms with E-state index in [0.29, 0.717) is 18.7 Å². The van der Waals surface area contributed by atoms with Gasteiger partial charge in [0.15, 0.2) is 0 Å². The summed E-state index contributed by atoms with van der Waals surface area (Å²) in [6, 6.07) is 9.84. The number of hydrogen-bond donors (Lipinski definition) is 2. The maximum absolute atomic E-state index is 11.9. The van der Waals surface area contributed by atoms with E-state index in [1.807, 2.05) is 0 Å². The van der Waals surface area contributed by atoms with Gasteiger partial charge in [-0.3, -0.25) is 14.9 Å². The third-order valence-corrected chi connectivity index (χ3v) is 3.32. The number of nitro groups is 1. The first-order valence-electron chi connectivity index (χ1n) is 6.45. The van der Waals surface area contributed by atoms with Crippen LogP contribution < -0.4 is 10.6 Å². The Morgan fingerprint density at radius 3 is 2.64 bits per heavy atom. The largest absolute Gasteiger partial charge is 0.363 e. The Labute approximate surface area is 135 Å². The molecule has 8 heteroatoms. The van der Waals surface area contributed by atoms with Gasteiger partial charge in [-0.15, -0.1) is 0 Å². The highest BCUT2D eigenvalue weighted by molar-refractivity contribution is 9.10. The number of halogens is 1. The summed E-state index contributed by atoms with van der Waals surface area (Å²) in [5.74, 6) is -0.0183. The molecule has 2 rings (SSSR count). The minimum Gasteiger partial charge on any atom is -0.363 e. The molecule has 2 aromatic rings. The minimum absolute atomic E-state index is 0.0956. The first-order valence-corrected chi connectivity index (χ1v) is 7.24. The van der Waals surface area contributed by atoms with Crippen molar-refractivity contribution in [3.8, 4) is 0 Å². The van der Waals surface area contributed by atoms with Gasteiger partial charge in [0.25, 0.3) is 5.91 Å². The Morgan fingerprint density at radius 1 is 1.23 bits per heavy atom. The van der Waals surface area contributed by atoms with E-state index in [9.17, 15) is 14.9 Å². The molecule has 7 nitrogen and oxygen atoms in total.